The molecule has 1 fully saturated rings. The summed E-state index contributed by atoms with van der Waals surface area (Å²) in [7, 11) is 0. The molecule has 1 aliphatic rings. The third kappa shape index (κ3) is 7.25. The standard InChI is InChI=1S/C41H44F3N9O2/c1-5-37(28(2)3)53-39(54)52(27-47-53)34-17-15-33(16-18-34)50-22-20-49(21-23-50)32-13-10-30(11-14-32)31-12-19-38(45-24-31)41(43,44)40(55,25-51-26-46-29(4)48-51)35-8-6-7-9-36(35)42/h6-19,24,26-28,37,55H,5,20-23,25H2,1-4H3/t37-,40?/m0/s1. The number of nitrogens with zero attached hydrogens (tertiary/aromatic N) is 9. The maximum Gasteiger partial charge on any atom is 0.350 e. The quantitative estimate of drug-likeness (QED) is 0.146. The van der Waals surface area contributed by atoms with Gasteiger partial charge in [0.25, 0.3) is 0 Å². The minimum Gasteiger partial charge on any atom is -0.377 e. The number of benzene rings is 3. The fourth-order valence-electron chi connectivity index (χ4n) is 7.37. The summed E-state index contributed by atoms with van der Waals surface area (Å²) in [6, 6.07) is 23.5. The first-order valence-corrected chi connectivity index (χ1v) is 18.4. The highest BCUT2D eigenvalue weighted by Crippen LogP contribution is 2.47. The molecule has 0 saturated carbocycles. The predicted octanol–water partition coefficient (Wildman–Crippen LogP) is 6.75. The van der Waals surface area contributed by atoms with Crippen LogP contribution in [-0.2, 0) is 18.1 Å². The fourth-order valence-corrected chi connectivity index (χ4v) is 7.37. The molecule has 7 rings (SSSR count). The van der Waals surface area contributed by atoms with E-state index in [1.165, 1.54) is 30.7 Å². The summed E-state index contributed by atoms with van der Waals surface area (Å²) in [6.45, 7) is 10.3. The number of aromatic nitrogens is 7. The molecular weight excluding hydrogens is 708 g/mol. The van der Waals surface area contributed by atoms with E-state index in [4.69, 9.17) is 0 Å². The number of piperazine rings is 1. The van der Waals surface area contributed by atoms with Gasteiger partial charge in [-0.3, -0.25) is 4.98 Å². The van der Waals surface area contributed by atoms with Crippen LogP contribution in [0.3, 0.4) is 0 Å². The predicted molar refractivity (Wildman–Crippen MR) is 205 cm³/mol. The fraction of sp³-hybridized carbons (Fsp3) is 0.341. The highest BCUT2D eigenvalue weighted by atomic mass is 19.3. The van der Waals surface area contributed by atoms with Crippen molar-refractivity contribution in [3.63, 3.8) is 0 Å². The van der Waals surface area contributed by atoms with Crippen LogP contribution in [0.2, 0.25) is 0 Å². The third-order valence-electron chi connectivity index (χ3n) is 10.5. The van der Waals surface area contributed by atoms with Gasteiger partial charge in [0.15, 0.2) is 5.60 Å². The lowest BCUT2D eigenvalue weighted by Gasteiger charge is -2.37. The summed E-state index contributed by atoms with van der Waals surface area (Å²) >= 11 is 0. The average Bonchev–Trinajstić information content (AvgIpc) is 3.79. The Bertz CT molecular complexity index is 2280. The van der Waals surface area contributed by atoms with Crippen molar-refractivity contribution >= 4 is 11.4 Å². The van der Waals surface area contributed by atoms with E-state index in [1.807, 2.05) is 48.5 Å². The normalized spacial score (nSPS) is 15.4. The minimum absolute atomic E-state index is 0.0515. The molecule has 0 aliphatic carbocycles. The number of halogens is 3. The second kappa shape index (κ2) is 15.2. The monoisotopic (exact) mass is 751 g/mol. The second-order valence-electron chi connectivity index (χ2n) is 14.3. The first kappa shape index (κ1) is 37.6. The zero-order chi connectivity index (χ0) is 38.9. The Morgan fingerprint density at radius 3 is 1.95 bits per heavy atom. The maximum atomic E-state index is 16.3. The van der Waals surface area contributed by atoms with E-state index in [1.54, 1.807) is 22.5 Å². The van der Waals surface area contributed by atoms with Crippen molar-refractivity contribution in [1.29, 1.82) is 0 Å². The first-order chi connectivity index (χ1) is 26.4. The van der Waals surface area contributed by atoms with Crippen molar-refractivity contribution in [2.75, 3.05) is 36.0 Å². The summed E-state index contributed by atoms with van der Waals surface area (Å²) in [4.78, 5) is 25.8. The van der Waals surface area contributed by atoms with E-state index >= 15 is 8.78 Å². The van der Waals surface area contributed by atoms with Crippen LogP contribution < -0.4 is 15.5 Å². The number of pyridine rings is 1. The molecule has 55 heavy (non-hydrogen) atoms. The minimum atomic E-state index is -4.00. The molecule has 0 radical (unpaired) electrons. The number of alkyl halides is 2. The summed E-state index contributed by atoms with van der Waals surface area (Å²) < 4.78 is 51.8. The Morgan fingerprint density at radius 1 is 0.800 bits per heavy atom. The van der Waals surface area contributed by atoms with Crippen LogP contribution in [0.25, 0.3) is 16.8 Å². The molecular formula is C41H44F3N9O2. The van der Waals surface area contributed by atoms with Gasteiger partial charge in [0, 0.05) is 54.9 Å². The van der Waals surface area contributed by atoms with Crippen LogP contribution in [0.15, 0.2) is 109 Å². The number of anilines is 2. The zero-order valence-corrected chi connectivity index (χ0v) is 31.2. The molecule has 3 aromatic carbocycles. The average molecular weight is 752 g/mol. The first-order valence-electron chi connectivity index (χ1n) is 18.4. The summed E-state index contributed by atoms with van der Waals surface area (Å²) in [5.74, 6) is -4.35. The molecule has 2 atom stereocenters. The Balaban J connectivity index is 1.00. The highest BCUT2D eigenvalue weighted by Gasteiger charge is 2.57. The van der Waals surface area contributed by atoms with E-state index < -0.39 is 35.1 Å². The molecule has 1 N–H and O–H groups in total. The lowest BCUT2D eigenvalue weighted by molar-refractivity contribution is -0.207. The number of aliphatic hydroxyl groups is 1. The molecule has 0 bridgehead atoms. The molecule has 1 aliphatic heterocycles. The largest absolute Gasteiger partial charge is 0.377 e. The van der Waals surface area contributed by atoms with Gasteiger partial charge in [-0.05, 0) is 73.4 Å². The van der Waals surface area contributed by atoms with E-state index in [9.17, 15) is 14.3 Å². The van der Waals surface area contributed by atoms with E-state index in [0.29, 0.717) is 17.3 Å². The summed E-state index contributed by atoms with van der Waals surface area (Å²) in [6.07, 6.45) is 4.98. The Hall–Kier alpha value is -5.76. The molecule has 286 valence electrons. The molecule has 0 spiro atoms. The molecule has 4 heterocycles. The van der Waals surface area contributed by atoms with Gasteiger partial charge in [0.1, 0.15) is 30.0 Å². The van der Waals surface area contributed by atoms with Gasteiger partial charge < -0.3 is 14.9 Å². The van der Waals surface area contributed by atoms with Crippen LogP contribution in [0.1, 0.15) is 50.3 Å². The van der Waals surface area contributed by atoms with E-state index in [-0.39, 0.29) is 11.7 Å². The lowest BCUT2D eigenvalue weighted by Crippen LogP contribution is -2.48. The second-order valence-corrected chi connectivity index (χ2v) is 14.3. The number of hydrogen-bond donors (Lipinski definition) is 1. The molecule has 3 aromatic heterocycles. The van der Waals surface area contributed by atoms with Crippen molar-refractivity contribution in [2.24, 2.45) is 5.92 Å². The van der Waals surface area contributed by atoms with Gasteiger partial charge in [0.05, 0.1) is 18.3 Å². The third-order valence-corrected chi connectivity index (χ3v) is 10.5. The van der Waals surface area contributed by atoms with Crippen LogP contribution in [0.5, 0.6) is 0 Å². The SMILES string of the molecule is CC[C@@H](C(C)C)n1ncn(-c2ccc(N3CCN(c4ccc(-c5ccc(C(F)(F)C(O)(Cn6cnc(C)n6)c6ccccc6F)nc5)cc4)CC3)cc2)c1=O. The topological polar surface area (TPSA) is 110 Å². The van der Waals surface area contributed by atoms with Gasteiger partial charge >= 0.3 is 11.6 Å². The van der Waals surface area contributed by atoms with Gasteiger partial charge in [0.2, 0.25) is 0 Å². The van der Waals surface area contributed by atoms with Crippen molar-refractivity contribution < 1.29 is 18.3 Å². The molecule has 11 nitrogen and oxygen atoms in total. The molecule has 1 unspecified atom stereocenters. The molecule has 6 aromatic rings. The van der Waals surface area contributed by atoms with E-state index in [0.717, 1.165) is 78.1 Å². The molecule has 0 amide bonds. The van der Waals surface area contributed by atoms with Crippen molar-refractivity contribution in [2.45, 2.75) is 58.2 Å². The molecule has 1 saturated heterocycles. The van der Waals surface area contributed by atoms with Gasteiger partial charge in [-0.25, -0.2) is 28.1 Å². The van der Waals surface area contributed by atoms with Crippen LogP contribution in [0, 0.1) is 18.7 Å². The maximum absolute atomic E-state index is 16.3. The van der Waals surface area contributed by atoms with Crippen LogP contribution in [-0.4, -0.2) is 65.4 Å². The number of hydrogen-bond acceptors (Lipinski definition) is 8. The van der Waals surface area contributed by atoms with Gasteiger partial charge in [-0.15, -0.1) is 0 Å². The molecule has 14 heteroatoms. The number of rotatable bonds is 12. The Morgan fingerprint density at radius 2 is 1.40 bits per heavy atom. The van der Waals surface area contributed by atoms with Crippen molar-refractivity contribution in [1.82, 2.24) is 34.1 Å². The van der Waals surface area contributed by atoms with Crippen LogP contribution in [0.4, 0.5) is 24.5 Å². The van der Waals surface area contributed by atoms with Gasteiger partial charge in [-0.1, -0.05) is 57.2 Å². The van der Waals surface area contributed by atoms with E-state index in [2.05, 4.69) is 50.7 Å². The van der Waals surface area contributed by atoms with Gasteiger partial charge in [-0.2, -0.15) is 19.0 Å². The highest BCUT2D eigenvalue weighted by molar-refractivity contribution is 5.66. The lowest BCUT2D eigenvalue weighted by atomic mass is 9.84. The smallest absolute Gasteiger partial charge is 0.350 e. The Labute approximate surface area is 317 Å². The summed E-state index contributed by atoms with van der Waals surface area (Å²) in [5.41, 5.74) is -0.142. The Kier molecular flexibility index (Phi) is 10.4. The van der Waals surface area contributed by atoms with Crippen molar-refractivity contribution in [3.05, 3.63) is 137 Å². The zero-order valence-electron chi connectivity index (χ0n) is 31.2. The summed E-state index contributed by atoms with van der Waals surface area (Å²) in [5, 5.41) is 20.0. The van der Waals surface area contributed by atoms with Crippen molar-refractivity contribution in [3.8, 4) is 16.8 Å². The number of aryl methyl sites for hydroxylation is 1. The van der Waals surface area contributed by atoms with Crippen LogP contribution >= 0.6 is 0 Å².